The van der Waals surface area contributed by atoms with E-state index in [-0.39, 0.29) is 39.7 Å². The number of carboxylic acids is 1. The SMILES string of the molecule is O=C(CN(Cc1cc(F)cc(F)c1)C(=O)c1cnn([C@H]2CC[C@H](C(=O)O)CC2)c1C1CC1)c1c(Cl)cncc1Cl. The number of carboxylic acid groups (broad SMARTS) is 1. The van der Waals surface area contributed by atoms with Gasteiger partial charge in [-0.15, -0.1) is 0 Å². The molecular weight excluding hydrogens is 565 g/mol. The first kappa shape index (κ1) is 28.2. The van der Waals surface area contributed by atoms with Gasteiger partial charge in [0.05, 0.1) is 51.6 Å². The van der Waals surface area contributed by atoms with Crippen molar-refractivity contribution in [2.45, 2.75) is 57.0 Å². The van der Waals surface area contributed by atoms with Crippen LogP contribution in [0.5, 0.6) is 0 Å². The molecule has 2 aliphatic rings. The highest BCUT2D eigenvalue weighted by Gasteiger charge is 2.37. The molecule has 0 radical (unpaired) electrons. The maximum Gasteiger partial charge on any atom is 0.306 e. The van der Waals surface area contributed by atoms with E-state index in [1.807, 2.05) is 4.68 Å². The standard InChI is InChI=1S/C28H26Cl2F2N4O4/c29-22-11-33-12-23(30)25(22)24(37)14-35(13-15-7-18(31)9-19(32)8-15)27(38)21-10-34-36(26(21)16-1-2-16)20-5-3-17(4-6-20)28(39)40/h7-12,16-17,20H,1-6,13-14H2,(H,39,40)/t17-,20-. The minimum absolute atomic E-state index is 0.00476. The third-order valence-electron chi connectivity index (χ3n) is 7.47. The second-order valence-electron chi connectivity index (χ2n) is 10.3. The minimum atomic E-state index is -0.808. The minimum Gasteiger partial charge on any atom is -0.481 e. The van der Waals surface area contributed by atoms with E-state index in [1.165, 1.54) is 23.5 Å². The lowest BCUT2D eigenvalue weighted by atomic mass is 9.86. The van der Waals surface area contributed by atoms with Gasteiger partial charge in [-0.1, -0.05) is 23.2 Å². The molecule has 1 aromatic carbocycles. The van der Waals surface area contributed by atoms with E-state index in [9.17, 15) is 28.3 Å². The third-order valence-corrected chi connectivity index (χ3v) is 8.04. The summed E-state index contributed by atoms with van der Waals surface area (Å²) in [4.78, 5) is 43.8. The Bertz CT molecular complexity index is 1430. The van der Waals surface area contributed by atoms with Crippen molar-refractivity contribution in [3.05, 3.63) is 80.9 Å². The molecular formula is C28H26Cl2F2N4O4. The average Bonchev–Trinajstić information content (AvgIpc) is 3.64. The summed E-state index contributed by atoms with van der Waals surface area (Å²) in [5.74, 6) is -3.79. The Morgan fingerprint density at radius 3 is 2.15 bits per heavy atom. The van der Waals surface area contributed by atoms with Crippen LogP contribution in [0.1, 0.15) is 82.5 Å². The quantitative estimate of drug-likeness (QED) is 0.303. The van der Waals surface area contributed by atoms with E-state index in [2.05, 4.69) is 10.1 Å². The Morgan fingerprint density at radius 2 is 1.57 bits per heavy atom. The zero-order valence-corrected chi connectivity index (χ0v) is 22.8. The number of hydrogen-bond acceptors (Lipinski definition) is 5. The van der Waals surface area contributed by atoms with Crippen LogP contribution in [-0.4, -0.2) is 49.0 Å². The van der Waals surface area contributed by atoms with Crippen LogP contribution in [0.25, 0.3) is 0 Å². The van der Waals surface area contributed by atoms with Crippen molar-refractivity contribution >= 4 is 40.9 Å². The number of hydrogen-bond donors (Lipinski definition) is 1. The molecule has 0 unspecified atom stereocenters. The lowest BCUT2D eigenvalue weighted by Gasteiger charge is -2.28. The molecule has 2 aliphatic carbocycles. The van der Waals surface area contributed by atoms with Crippen LogP contribution in [0.4, 0.5) is 8.78 Å². The maximum absolute atomic E-state index is 14.0. The Hall–Kier alpha value is -3.37. The first-order chi connectivity index (χ1) is 19.1. The highest BCUT2D eigenvalue weighted by Crippen LogP contribution is 2.44. The second kappa shape index (κ2) is 11.6. The van der Waals surface area contributed by atoms with Crippen LogP contribution in [0.15, 0.2) is 36.8 Å². The number of carbonyl (C=O) groups excluding carboxylic acids is 2. The molecule has 0 spiro atoms. The summed E-state index contributed by atoms with van der Waals surface area (Å²) >= 11 is 12.4. The van der Waals surface area contributed by atoms with Crippen LogP contribution in [0.3, 0.4) is 0 Å². The largest absolute Gasteiger partial charge is 0.481 e. The van der Waals surface area contributed by atoms with Crippen molar-refractivity contribution in [3.8, 4) is 0 Å². The Balaban J connectivity index is 1.47. The number of rotatable bonds is 9. The summed E-state index contributed by atoms with van der Waals surface area (Å²) in [6.45, 7) is -0.710. The highest BCUT2D eigenvalue weighted by atomic mass is 35.5. The summed E-state index contributed by atoms with van der Waals surface area (Å²) in [7, 11) is 0. The van der Waals surface area contributed by atoms with Crippen LogP contribution < -0.4 is 0 Å². The lowest BCUT2D eigenvalue weighted by Crippen LogP contribution is -2.36. The van der Waals surface area contributed by atoms with E-state index < -0.39 is 41.8 Å². The smallest absolute Gasteiger partial charge is 0.306 e. The Labute approximate surface area is 238 Å². The van der Waals surface area contributed by atoms with E-state index in [4.69, 9.17) is 23.2 Å². The summed E-state index contributed by atoms with van der Waals surface area (Å²) < 4.78 is 29.8. The molecule has 210 valence electrons. The molecule has 5 rings (SSSR count). The average molecular weight is 591 g/mol. The van der Waals surface area contributed by atoms with E-state index in [0.717, 1.165) is 36.7 Å². The fraction of sp³-hybridized carbons (Fsp3) is 0.393. The molecule has 12 heteroatoms. The molecule has 2 heterocycles. The van der Waals surface area contributed by atoms with Crippen LogP contribution in [0, 0.1) is 17.6 Å². The van der Waals surface area contributed by atoms with Gasteiger partial charge in [-0.3, -0.25) is 24.0 Å². The molecule has 3 aromatic rings. The first-order valence-electron chi connectivity index (χ1n) is 13.0. The number of nitrogens with zero attached hydrogens (tertiary/aromatic N) is 4. The third kappa shape index (κ3) is 6.02. The molecule has 0 bridgehead atoms. The molecule has 1 N–H and O–H groups in total. The van der Waals surface area contributed by atoms with Gasteiger partial charge in [0, 0.05) is 30.9 Å². The molecule has 0 atom stereocenters. The topological polar surface area (TPSA) is 105 Å². The number of ketones is 1. The van der Waals surface area contributed by atoms with Gasteiger partial charge in [-0.25, -0.2) is 8.78 Å². The van der Waals surface area contributed by atoms with Crippen LogP contribution in [0.2, 0.25) is 10.0 Å². The number of carbonyl (C=O) groups is 3. The lowest BCUT2D eigenvalue weighted by molar-refractivity contribution is -0.143. The van der Waals surface area contributed by atoms with Gasteiger partial charge < -0.3 is 10.0 Å². The maximum atomic E-state index is 14.0. The number of aliphatic carboxylic acids is 1. The Morgan fingerprint density at radius 1 is 0.950 bits per heavy atom. The predicted octanol–water partition coefficient (Wildman–Crippen LogP) is 6.08. The zero-order chi connectivity index (χ0) is 28.6. The van der Waals surface area contributed by atoms with Crippen molar-refractivity contribution in [2.75, 3.05) is 6.54 Å². The van der Waals surface area contributed by atoms with Gasteiger partial charge >= 0.3 is 5.97 Å². The van der Waals surface area contributed by atoms with Gasteiger partial charge in [-0.05, 0) is 56.2 Å². The van der Waals surface area contributed by atoms with Crippen molar-refractivity contribution < 1.29 is 28.3 Å². The molecule has 0 saturated heterocycles. The zero-order valence-electron chi connectivity index (χ0n) is 21.3. The molecule has 2 fully saturated rings. The highest BCUT2D eigenvalue weighted by molar-refractivity contribution is 6.39. The number of halogens is 4. The normalized spacial score (nSPS) is 18.9. The number of aromatic nitrogens is 3. The predicted molar refractivity (Wildman–Crippen MR) is 143 cm³/mol. The molecule has 40 heavy (non-hydrogen) atoms. The van der Waals surface area contributed by atoms with E-state index >= 15 is 0 Å². The van der Waals surface area contributed by atoms with Crippen molar-refractivity contribution in [2.24, 2.45) is 5.92 Å². The fourth-order valence-corrected chi connectivity index (χ4v) is 5.96. The number of pyridine rings is 1. The van der Waals surface area contributed by atoms with Crippen LogP contribution >= 0.6 is 23.2 Å². The number of amides is 1. The summed E-state index contributed by atoms with van der Waals surface area (Å²) in [5, 5.41) is 13.9. The van der Waals surface area contributed by atoms with Crippen LogP contribution in [-0.2, 0) is 11.3 Å². The van der Waals surface area contributed by atoms with E-state index in [1.54, 1.807) is 0 Å². The molecule has 2 aromatic heterocycles. The molecule has 8 nitrogen and oxygen atoms in total. The summed E-state index contributed by atoms with van der Waals surface area (Å²) in [5.41, 5.74) is 1.21. The number of Topliss-reactive ketones (excluding diaryl/α,β-unsaturated/α-hetero) is 1. The second-order valence-corrected chi connectivity index (χ2v) is 11.2. The van der Waals surface area contributed by atoms with Crippen molar-refractivity contribution in [1.82, 2.24) is 19.7 Å². The van der Waals surface area contributed by atoms with Gasteiger partial charge in [0.1, 0.15) is 11.6 Å². The van der Waals surface area contributed by atoms with Crippen molar-refractivity contribution in [3.63, 3.8) is 0 Å². The van der Waals surface area contributed by atoms with Gasteiger partial charge in [-0.2, -0.15) is 5.10 Å². The summed E-state index contributed by atoms with van der Waals surface area (Å²) in [6.07, 6.45) is 8.02. The van der Waals surface area contributed by atoms with Crippen molar-refractivity contribution in [1.29, 1.82) is 0 Å². The summed E-state index contributed by atoms with van der Waals surface area (Å²) in [6, 6.07) is 2.89. The number of benzene rings is 1. The van der Waals surface area contributed by atoms with Gasteiger partial charge in [0.2, 0.25) is 0 Å². The molecule has 2 saturated carbocycles. The van der Waals surface area contributed by atoms with Gasteiger partial charge in [0.15, 0.2) is 5.78 Å². The van der Waals surface area contributed by atoms with Gasteiger partial charge in [0.25, 0.3) is 5.91 Å². The molecule has 1 amide bonds. The fourth-order valence-electron chi connectivity index (χ4n) is 5.38. The Kier molecular flexibility index (Phi) is 8.19. The van der Waals surface area contributed by atoms with E-state index in [0.29, 0.717) is 31.2 Å². The first-order valence-corrected chi connectivity index (χ1v) is 13.7. The monoisotopic (exact) mass is 590 g/mol. The molecule has 0 aliphatic heterocycles.